The van der Waals surface area contributed by atoms with Gasteiger partial charge in [0.1, 0.15) is 0 Å². The van der Waals surface area contributed by atoms with Crippen molar-refractivity contribution in [3.8, 4) is 11.4 Å². The van der Waals surface area contributed by atoms with E-state index >= 15 is 0 Å². The molecule has 6 heteroatoms. The van der Waals surface area contributed by atoms with E-state index in [4.69, 9.17) is 4.74 Å². The molecule has 0 unspecified atom stereocenters. The summed E-state index contributed by atoms with van der Waals surface area (Å²) in [5, 5.41) is 7.05. The maximum Gasteiger partial charge on any atom is 0.280 e. The van der Waals surface area contributed by atoms with Crippen LogP contribution in [0.2, 0.25) is 0 Å². The molecule has 0 bridgehead atoms. The molecule has 6 nitrogen and oxygen atoms in total. The quantitative estimate of drug-likeness (QED) is 0.785. The second-order valence-corrected chi connectivity index (χ2v) is 5.92. The zero-order valence-electron chi connectivity index (χ0n) is 14.8. The molecule has 1 heterocycles. The molecule has 132 valence electrons. The third-order valence-corrected chi connectivity index (χ3v) is 3.95. The molecular weight excluding hydrogens is 330 g/mol. The van der Waals surface area contributed by atoms with Gasteiger partial charge in [-0.25, -0.2) is 0 Å². The van der Waals surface area contributed by atoms with E-state index in [-0.39, 0.29) is 17.0 Å². The van der Waals surface area contributed by atoms with Crippen LogP contribution < -0.4 is 15.6 Å². The summed E-state index contributed by atoms with van der Waals surface area (Å²) in [6.07, 6.45) is 0. The van der Waals surface area contributed by atoms with Gasteiger partial charge in [-0.15, -0.1) is 0 Å². The van der Waals surface area contributed by atoms with Crippen LogP contribution in [0.3, 0.4) is 0 Å². The van der Waals surface area contributed by atoms with Gasteiger partial charge in [-0.05, 0) is 43.2 Å². The van der Waals surface area contributed by atoms with E-state index in [1.807, 2.05) is 50.2 Å². The first-order chi connectivity index (χ1) is 12.5. The minimum atomic E-state index is -0.449. The summed E-state index contributed by atoms with van der Waals surface area (Å²) in [4.78, 5) is 25.1. The Morgan fingerprint density at radius 1 is 1.08 bits per heavy atom. The second-order valence-electron chi connectivity index (χ2n) is 5.92. The summed E-state index contributed by atoms with van der Waals surface area (Å²) in [5.74, 6) is -0.320. The Morgan fingerprint density at radius 3 is 2.54 bits per heavy atom. The Labute approximate surface area is 151 Å². The third-order valence-electron chi connectivity index (χ3n) is 3.95. The van der Waals surface area contributed by atoms with Crippen LogP contribution in [0.1, 0.15) is 21.6 Å². The molecule has 0 atom stereocenters. The van der Waals surface area contributed by atoms with Gasteiger partial charge >= 0.3 is 0 Å². The van der Waals surface area contributed by atoms with Crippen molar-refractivity contribution in [2.75, 3.05) is 12.4 Å². The lowest BCUT2D eigenvalue weighted by Crippen LogP contribution is -2.26. The number of methoxy groups -OCH3 is 1. The largest absolute Gasteiger partial charge is 0.494 e. The van der Waals surface area contributed by atoms with Gasteiger partial charge in [0.2, 0.25) is 0 Å². The fourth-order valence-corrected chi connectivity index (χ4v) is 2.64. The first-order valence-electron chi connectivity index (χ1n) is 8.12. The molecule has 0 radical (unpaired) electrons. The molecule has 1 aromatic heterocycles. The Morgan fingerprint density at radius 2 is 1.85 bits per heavy atom. The molecule has 1 amide bonds. The van der Waals surface area contributed by atoms with Crippen LogP contribution in [0, 0.1) is 13.8 Å². The molecule has 3 rings (SSSR count). The number of aromatic nitrogens is 2. The van der Waals surface area contributed by atoms with E-state index in [0.29, 0.717) is 11.4 Å². The van der Waals surface area contributed by atoms with E-state index in [1.54, 1.807) is 12.1 Å². The van der Waals surface area contributed by atoms with Crippen molar-refractivity contribution in [2.24, 2.45) is 0 Å². The second kappa shape index (κ2) is 7.23. The van der Waals surface area contributed by atoms with Crippen LogP contribution in [-0.2, 0) is 0 Å². The highest BCUT2D eigenvalue weighted by Crippen LogP contribution is 2.18. The lowest BCUT2D eigenvalue weighted by atomic mass is 10.2. The van der Waals surface area contributed by atoms with Crippen molar-refractivity contribution in [3.05, 3.63) is 81.8 Å². The highest BCUT2D eigenvalue weighted by atomic mass is 16.5. The van der Waals surface area contributed by atoms with E-state index in [9.17, 15) is 9.59 Å². The summed E-state index contributed by atoms with van der Waals surface area (Å²) in [6, 6.07) is 16.0. The van der Waals surface area contributed by atoms with Crippen LogP contribution in [0.5, 0.6) is 5.75 Å². The molecule has 0 aliphatic heterocycles. The van der Waals surface area contributed by atoms with Gasteiger partial charge in [-0.1, -0.05) is 30.3 Å². The van der Waals surface area contributed by atoms with Crippen molar-refractivity contribution < 1.29 is 9.53 Å². The van der Waals surface area contributed by atoms with Crippen LogP contribution in [0.4, 0.5) is 5.69 Å². The molecule has 3 aromatic rings. The van der Waals surface area contributed by atoms with Gasteiger partial charge in [0.25, 0.3) is 11.5 Å². The highest BCUT2D eigenvalue weighted by Gasteiger charge is 2.18. The number of hydrogen-bond acceptors (Lipinski definition) is 4. The molecule has 0 aliphatic carbocycles. The Balaban J connectivity index is 2.06. The van der Waals surface area contributed by atoms with Crippen LogP contribution in [0.15, 0.2) is 59.4 Å². The average molecular weight is 349 g/mol. The van der Waals surface area contributed by atoms with Crippen LogP contribution in [0.25, 0.3) is 5.69 Å². The summed E-state index contributed by atoms with van der Waals surface area (Å²) in [6.45, 7) is 3.81. The molecule has 0 saturated carbocycles. The predicted molar refractivity (Wildman–Crippen MR) is 100 cm³/mol. The Kier molecular flexibility index (Phi) is 4.84. The topological polar surface area (TPSA) is 73.2 Å². The maximum atomic E-state index is 12.7. The van der Waals surface area contributed by atoms with Gasteiger partial charge in [-0.2, -0.15) is 9.78 Å². The summed E-state index contributed by atoms with van der Waals surface area (Å²) in [5.41, 5.74) is 2.82. The molecule has 0 aliphatic rings. The summed E-state index contributed by atoms with van der Waals surface area (Å²) >= 11 is 0. The standard InChI is InChI=1S/C20H19N3O3/c1-13-7-6-9-15(11-13)21-20(25)19-17(26-3)12-18(24)23(22-19)16-10-5-4-8-14(16)2/h4-12H,1-3H3,(H,21,25). The number of rotatable bonds is 4. The number of nitrogens with one attached hydrogen (secondary N) is 1. The van der Waals surface area contributed by atoms with Crippen molar-refractivity contribution in [1.82, 2.24) is 9.78 Å². The highest BCUT2D eigenvalue weighted by molar-refractivity contribution is 6.04. The fourth-order valence-electron chi connectivity index (χ4n) is 2.64. The molecule has 0 fully saturated rings. The number of carbonyl (C=O) groups is 1. The lowest BCUT2D eigenvalue weighted by Gasteiger charge is -2.13. The minimum absolute atomic E-state index is 0.0388. The van der Waals surface area contributed by atoms with E-state index in [2.05, 4.69) is 10.4 Å². The van der Waals surface area contributed by atoms with Crippen molar-refractivity contribution >= 4 is 11.6 Å². The number of carbonyl (C=O) groups excluding carboxylic acids is 1. The number of para-hydroxylation sites is 1. The molecule has 0 saturated heterocycles. The predicted octanol–water partition coefficient (Wildman–Crippen LogP) is 3.11. The van der Waals surface area contributed by atoms with E-state index < -0.39 is 5.91 Å². The number of ether oxygens (including phenoxy) is 1. The number of benzene rings is 2. The van der Waals surface area contributed by atoms with Gasteiger partial charge < -0.3 is 10.1 Å². The van der Waals surface area contributed by atoms with Crippen molar-refractivity contribution in [1.29, 1.82) is 0 Å². The molecule has 0 spiro atoms. The van der Waals surface area contributed by atoms with Gasteiger partial charge in [-0.3, -0.25) is 9.59 Å². The number of nitrogens with zero attached hydrogens (tertiary/aromatic N) is 2. The fraction of sp³-hybridized carbons (Fsp3) is 0.150. The number of amides is 1. The first-order valence-corrected chi connectivity index (χ1v) is 8.12. The van der Waals surface area contributed by atoms with Gasteiger partial charge in [0.15, 0.2) is 11.4 Å². The lowest BCUT2D eigenvalue weighted by molar-refractivity contribution is 0.101. The van der Waals surface area contributed by atoms with Crippen molar-refractivity contribution in [3.63, 3.8) is 0 Å². The minimum Gasteiger partial charge on any atom is -0.494 e. The zero-order chi connectivity index (χ0) is 18.7. The van der Waals surface area contributed by atoms with Crippen LogP contribution in [-0.4, -0.2) is 22.8 Å². The smallest absolute Gasteiger partial charge is 0.280 e. The molecule has 26 heavy (non-hydrogen) atoms. The summed E-state index contributed by atoms with van der Waals surface area (Å²) < 4.78 is 6.40. The van der Waals surface area contributed by atoms with Gasteiger partial charge in [0, 0.05) is 5.69 Å². The van der Waals surface area contributed by atoms with E-state index in [0.717, 1.165) is 11.1 Å². The molecule has 1 N–H and O–H groups in total. The SMILES string of the molecule is COc1cc(=O)n(-c2ccccc2C)nc1C(=O)Nc1cccc(C)c1. The molecular formula is C20H19N3O3. The summed E-state index contributed by atoms with van der Waals surface area (Å²) in [7, 11) is 1.40. The maximum absolute atomic E-state index is 12.7. The van der Waals surface area contributed by atoms with Crippen LogP contribution >= 0.6 is 0 Å². The number of aryl methyl sites for hydroxylation is 2. The average Bonchev–Trinajstić information content (AvgIpc) is 2.62. The third kappa shape index (κ3) is 3.49. The Bertz CT molecular complexity index is 1020. The number of anilines is 1. The van der Waals surface area contributed by atoms with Gasteiger partial charge in [0.05, 0.1) is 18.9 Å². The zero-order valence-corrected chi connectivity index (χ0v) is 14.8. The van der Waals surface area contributed by atoms with E-state index in [1.165, 1.54) is 17.9 Å². The first kappa shape index (κ1) is 17.4. The number of hydrogen-bond donors (Lipinski definition) is 1. The monoisotopic (exact) mass is 349 g/mol. The Hall–Kier alpha value is -3.41. The van der Waals surface area contributed by atoms with Crippen molar-refractivity contribution in [2.45, 2.75) is 13.8 Å². The molecule has 2 aromatic carbocycles. The normalized spacial score (nSPS) is 10.4.